The SMILES string of the molecule is O=C(NCC1=CC[C@H](c2ccc(Cl)cc2Cl)[C@@H]([N+](=O)[O-])C1)c1cncc(Br)c1. The first-order chi connectivity index (χ1) is 13.3. The predicted octanol–water partition coefficient (Wildman–Crippen LogP) is 5.03. The molecule has 0 saturated heterocycles. The van der Waals surface area contributed by atoms with Gasteiger partial charge in [-0.3, -0.25) is 19.9 Å². The third-order valence-corrected chi connectivity index (χ3v) is 5.67. The number of nitrogens with one attached hydrogen (secondary N) is 1. The van der Waals surface area contributed by atoms with Crippen LogP contribution in [0.3, 0.4) is 0 Å². The fourth-order valence-corrected chi connectivity index (χ4v) is 4.19. The third kappa shape index (κ3) is 4.90. The van der Waals surface area contributed by atoms with Crippen LogP contribution in [0.2, 0.25) is 10.0 Å². The maximum atomic E-state index is 12.3. The van der Waals surface area contributed by atoms with Crippen LogP contribution in [0.1, 0.15) is 34.7 Å². The summed E-state index contributed by atoms with van der Waals surface area (Å²) in [5.74, 6) is -0.622. The van der Waals surface area contributed by atoms with Gasteiger partial charge in [0.25, 0.3) is 5.91 Å². The highest BCUT2D eigenvalue weighted by Crippen LogP contribution is 2.38. The lowest BCUT2D eigenvalue weighted by Crippen LogP contribution is -2.34. The van der Waals surface area contributed by atoms with E-state index in [1.165, 1.54) is 6.20 Å². The van der Waals surface area contributed by atoms with Crippen LogP contribution in [-0.2, 0) is 0 Å². The summed E-state index contributed by atoms with van der Waals surface area (Å²) < 4.78 is 0.702. The minimum absolute atomic E-state index is 0.244. The monoisotopic (exact) mass is 483 g/mol. The zero-order valence-corrected chi connectivity index (χ0v) is 17.7. The quantitative estimate of drug-likeness (QED) is 0.366. The Hall–Kier alpha value is -1.96. The van der Waals surface area contributed by atoms with Gasteiger partial charge < -0.3 is 5.32 Å². The highest BCUT2D eigenvalue weighted by molar-refractivity contribution is 9.10. The number of carbonyl (C=O) groups excluding carboxylic acids is 1. The van der Waals surface area contributed by atoms with Crippen LogP contribution in [-0.4, -0.2) is 28.4 Å². The standard InChI is InChI=1S/C19H16BrCl2N3O3/c20-13-6-12(9-23-10-13)19(26)24-8-11-1-3-16(18(5-11)25(27)28)15-4-2-14(21)7-17(15)22/h1-2,4,6-7,9-10,16,18H,3,5,8H2,(H,24,26)/t16-,18+/m1/s1. The van der Waals surface area contributed by atoms with Crippen molar-refractivity contribution in [2.75, 3.05) is 6.54 Å². The van der Waals surface area contributed by atoms with E-state index >= 15 is 0 Å². The lowest BCUT2D eigenvalue weighted by molar-refractivity contribution is -0.527. The maximum Gasteiger partial charge on any atom is 0.253 e. The zero-order valence-electron chi connectivity index (χ0n) is 14.6. The summed E-state index contributed by atoms with van der Waals surface area (Å²) in [6.45, 7) is 0.247. The Morgan fingerprint density at radius 1 is 1.32 bits per heavy atom. The van der Waals surface area contributed by atoms with Gasteiger partial charge in [-0.2, -0.15) is 0 Å². The van der Waals surface area contributed by atoms with E-state index in [1.807, 2.05) is 6.08 Å². The van der Waals surface area contributed by atoms with E-state index in [2.05, 4.69) is 26.2 Å². The molecule has 1 heterocycles. The molecule has 0 radical (unpaired) electrons. The van der Waals surface area contributed by atoms with Crippen LogP contribution in [0.4, 0.5) is 0 Å². The van der Waals surface area contributed by atoms with E-state index in [-0.39, 0.29) is 29.7 Å². The summed E-state index contributed by atoms with van der Waals surface area (Å²) in [4.78, 5) is 27.6. The summed E-state index contributed by atoms with van der Waals surface area (Å²) >= 11 is 15.5. The lowest BCUT2D eigenvalue weighted by Gasteiger charge is -2.26. The van der Waals surface area contributed by atoms with Crippen LogP contribution >= 0.6 is 39.1 Å². The zero-order chi connectivity index (χ0) is 20.3. The number of halogens is 3. The Morgan fingerprint density at radius 3 is 2.79 bits per heavy atom. The van der Waals surface area contributed by atoms with Gasteiger partial charge in [0, 0.05) is 44.8 Å². The molecule has 2 atom stereocenters. The number of allylic oxidation sites excluding steroid dienone is 1. The van der Waals surface area contributed by atoms with Crippen molar-refractivity contribution < 1.29 is 9.72 Å². The molecule has 0 fully saturated rings. The highest BCUT2D eigenvalue weighted by atomic mass is 79.9. The first-order valence-electron chi connectivity index (χ1n) is 8.50. The highest BCUT2D eigenvalue weighted by Gasteiger charge is 2.37. The Kier molecular flexibility index (Phi) is 6.69. The van der Waals surface area contributed by atoms with E-state index in [0.717, 1.165) is 5.57 Å². The van der Waals surface area contributed by atoms with Crippen LogP contribution < -0.4 is 5.32 Å². The number of amides is 1. The van der Waals surface area contributed by atoms with Crippen molar-refractivity contribution in [1.29, 1.82) is 0 Å². The molecule has 0 bridgehead atoms. The molecule has 146 valence electrons. The summed E-state index contributed by atoms with van der Waals surface area (Å²) in [7, 11) is 0. The number of nitro groups is 1. The van der Waals surface area contributed by atoms with Gasteiger partial charge in [0.1, 0.15) is 0 Å². The van der Waals surface area contributed by atoms with Crippen molar-refractivity contribution in [3.05, 3.63) is 84.1 Å². The van der Waals surface area contributed by atoms with Crippen molar-refractivity contribution in [3.63, 3.8) is 0 Å². The molecule has 1 aliphatic rings. The van der Waals surface area contributed by atoms with Gasteiger partial charge in [0.15, 0.2) is 0 Å². The molecule has 0 aliphatic heterocycles. The first kappa shape index (κ1) is 20.8. The van der Waals surface area contributed by atoms with Gasteiger partial charge in [0.2, 0.25) is 6.04 Å². The molecule has 3 rings (SSSR count). The molecule has 1 aliphatic carbocycles. The number of hydrogen-bond acceptors (Lipinski definition) is 4. The lowest BCUT2D eigenvalue weighted by atomic mass is 9.80. The van der Waals surface area contributed by atoms with Gasteiger partial charge >= 0.3 is 0 Å². The Morgan fingerprint density at radius 2 is 2.11 bits per heavy atom. The van der Waals surface area contributed by atoms with Gasteiger partial charge in [0.05, 0.1) is 11.5 Å². The molecule has 9 heteroatoms. The minimum Gasteiger partial charge on any atom is -0.348 e. The first-order valence-corrected chi connectivity index (χ1v) is 10.0. The molecule has 2 aromatic rings. The Balaban J connectivity index is 1.72. The summed E-state index contributed by atoms with van der Waals surface area (Å²) in [6.07, 6.45) is 5.71. The fraction of sp³-hybridized carbons (Fsp3) is 0.263. The van der Waals surface area contributed by atoms with Gasteiger partial charge in [-0.25, -0.2) is 0 Å². The summed E-state index contributed by atoms with van der Waals surface area (Å²) in [6, 6.07) is 5.87. The third-order valence-electron chi connectivity index (χ3n) is 4.67. The van der Waals surface area contributed by atoms with E-state index in [1.54, 1.807) is 30.5 Å². The molecule has 0 saturated carbocycles. The molecule has 1 amide bonds. The number of hydrogen-bond donors (Lipinski definition) is 1. The predicted molar refractivity (Wildman–Crippen MR) is 112 cm³/mol. The molecule has 1 aromatic heterocycles. The van der Waals surface area contributed by atoms with Crippen LogP contribution in [0.25, 0.3) is 0 Å². The molecule has 1 N–H and O–H groups in total. The summed E-state index contributed by atoms with van der Waals surface area (Å²) in [5, 5.41) is 15.4. The number of aromatic nitrogens is 1. The molecule has 0 unspecified atom stereocenters. The second-order valence-electron chi connectivity index (χ2n) is 6.50. The molecule has 28 heavy (non-hydrogen) atoms. The van der Waals surface area contributed by atoms with Gasteiger partial charge in [-0.05, 0) is 51.7 Å². The molecule has 6 nitrogen and oxygen atoms in total. The minimum atomic E-state index is -0.817. The fourth-order valence-electron chi connectivity index (χ4n) is 3.28. The van der Waals surface area contributed by atoms with Crippen LogP contribution in [0.5, 0.6) is 0 Å². The molecular formula is C19H16BrCl2N3O3. The topological polar surface area (TPSA) is 85.1 Å². The maximum absolute atomic E-state index is 12.3. The second-order valence-corrected chi connectivity index (χ2v) is 8.26. The van der Waals surface area contributed by atoms with Crippen molar-refractivity contribution in [3.8, 4) is 0 Å². The normalized spacial score (nSPS) is 19.0. The van der Waals surface area contributed by atoms with Crippen molar-refractivity contribution in [2.45, 2.75) is 24.8 Å². The Bertz CT molecular complexity index is 952. The number of benzene rings is 1. The molecule has 0 spiro atoms. The smallest absolute Gasteiger partial charge is 0.253 e. The molecular weight excluding hydrogens is 469 g/mol. The van der Waals surface area contributed by atoms with Crippen molar-refractivity contribution in [2.24, 2.45) is 0 Å². The second kappa shape index (κ2) is 9.03. The molecule has 1 aromatic carbocycles. The summed E-state index contributed by atoms with van der Waals surface area (Å²) in [5.41, 5.74) is 1.95. The largest absolute Gasteiger partial charge is 0.348 e. The van der Waals surface area contributed by atoms with Crippen molar-refractivity contribution in [1.82, 2.24) is 10.3 Å². The van der Waals surface area contributed by atoms with Gasteiger partial charge in [-0.15, -0.1) is 0 Å². The number of carbonyl (C=O) groups is 1. The van der Waals surface area contributed by atoms with E-state index in [9.17, 15) is 14.9 Å². The van der Waals surface area contributed by atoms with Crippen molar-refractivity contribution >= 4 is 45.0 Å². The Labute approximate surface area is 180 Å². The average molecular weight is 485 g/mol. The van der Waals surface area contributed by atoms with Crippen LogP contribution in [0, 0.1) is 10.1 Å². The van der Waals surface area contributed by atoms with Gasteiger partial charge in [-0.1, -0.05) is 35.3 Å². The number of nitrogens with zero attached hydrogens (tertiary/aromatic N) is 2. The number of rotatable bonds is 5. The van der Waals surface area contributed by atoms with Crippen LogP contribution in [0.15, 0.2) is 52.8 Å². The van der Waals surface area contributed by atoms with E-state index in [0.29, 0.717) is 32.1 Å². The van der Waals surface area contributed by atoms with E-state index < -0.39 is 6.04 Å². The average Bonchev–Trinajstić information content (AvgIpc) is 2.66. The van der Waals surface area contributed by atoms with E-state index in [4.69, 9.17) is 23.2 Å². The number of pyridine rings is 1.